The summed E-state index contributed by atoms with van der Waals surface area (Å²) in [7, 11) is 0. The summed E-state index contributed by atoms with van der Waals surface area (Å²) >= 11 is 0. The second-order valence-corrected chi connectivity index (χ2v) is 4.40. The van der Waals surface area contributed by atoms with Gasteiger partial charge in [-0.1, -0.05) is 6.07 Å². The lowest BCUT2D eigenvalue weighted by molar-refractivity contribution is -0.123. The zero-order valence-electron chi connectivity index (χ0n) is 9.30. The van der Waals surface area contributed by atoms with Gasteiger partial charge in [0, 0.05) is 12.6 Å². The van der Waals surface area contributed by atoms with Crippen LogP contribution in [0.2, 0.25) is 0 Å². The number of carbonyl (C=O) groups excluding carboxylic acids is 1. The van der Waals surface area contributed by atoms with Gasteiger partial charge in [-0.05, 0) is 30.9 Å². The molecule has 0 aromatic heterocycles. The van der Waals surface area contributed by atoms with E-state index in [1.54, 1.807) is 0 Å². The molecule has 1 amide bonds. The lowest BCUT2D eigenvalue weighted by Crippen LogP contribution is -2.43. The highest BCUT2D eigenvalue weighted by atomic mass is 19.1. The molecule has 1 aromatic rings. The first kappa shape index (κ1) is 12.0. The summed E-state index contributed by atoms with van der Waals surface area (Å²) in [4.78, 5) is 11.5. The summed E-state index contributed by atoms with van der Waals surface area (Å²) in [6.45, 7) is 0.306. The van der Waals surface area contributed by atoms with Gasteiger partial charge in [0.1, 0.15) is 11.6 Å². The lowest BCUT2D eigenvalue weighted by Gasteiger charge is -2.10. The standard InChI is InChI=1S/C12H14F2N2O/c13-9-2-1-8(10(14)7-9)3-6-16-11(17)12(15)4-5-12/h1-2,7H,3-6,15H2,(H,16,17). The van der Waals surface area contributed by atoms with E-state index in [-0.39, 0.29) is 5.91 Å². The number of hydrogen-bond acceptors (Lipinski definition) is 2. The van der Waals surface area contributed by atoms with Crippen LogP contribution >= 0.6 is 0 Å². The van der Waals surface area contributed by atoms with Crippen molar-refractivity contribution in [3.8, 4) is 0 Å². The van der Waals surface area contributed by atoms with E-state index in [1.807, 2.05) is 0 Å². The fourth-order valence-electron chi connectivity index (χ4n) is 1.57. The van der Waals surface area contributed by atoms with Crippen molar-refractivity contribution in [3.63, 3.8) is 0 Å². The number of rotatable bonds is 4. The van der Waals surface area contributed by atoms with Crippen LogP contribution in [0.5, 0.6) is 0 Å². The molecule has 0 aliphatic heterocycles. The Hall–Kier alpha value is -1.49. The van der Waals surface area contributed by atoms with Gasteiger partial charge in [-0.15, -0.1) is 0 Å². The number of nitrogens with two attached hydrogens (primary N) is 1. The number of amides is 1. The van der Waals surface area contributed by atoms with Gasteiger partial charge in [0.05, 0.1) is 5.54 Å². The zero-order valence-corrected chi connectivity index (χ0v) is 9.30. The maximum absolute atomic E-state index is 13.2. The largest absolute Gasteiger partial charge is 0.354 e. The molecular formula is C12H14F2N2O. The average molecular weight is 240 g/mol. The Kier molecular flexibility index (Phi) is 3.11. The Bertz CT molecular complexity index is 444. The monoisotopic (exact) mass is 240 g/mol. The van der Waals surface area contributed by atoms with Crippen molar-refractivity contribution >= 4 is 5.91 Å². The van der Waals surface area contributed by atoms with E-state index in [9.17, 15) is 13.6 Å². The Morgan fingerprint density at radius 1 is 1.41 bits per heavy atom. The van der Waals surface area contributed by atoms with Crippen LogP contribution in [-0.4, -0.2) is 18.0 Å². The lowest BCUT2D eigenvalue weighted by atomic mass is 10.1. The molecule has 1 aliphatic carbocycles. The predicted octanol–water partition coefficient (Wildman–Crippen LogP) is 1.11. The van der Waals surface area contributed by atoms with Crippen LogP contribution < -0.4 is 11.1 Å². The smallest absolute Gasteiger partial charge is 0.240 e. The molecule has 17 heavy (non-hydrogen) atoms. The maximum Gasteiger partial charge on any atom is 0.240 e. The highest BCUT2D eigenvalue weighted by Gasteiger charge is 2.45. The van der Waals surface area contributed by atoms with Crippen LogP contribution in [0.3, 0.4) is 0 Å². The minimum Gasteiger partial charge on any atom is -0.354 e. The molecule has 92 valence electrons. The fraction of sp³-hybridized carbons (Fsp3) is 0.417. The third-order valence-corrected chi connectivity index (χ3v) is 2.94. The number of benzene rings is 1. The molecule has 5 heteroatoms. The second-order valence-electron chi connectivity index (χ2n) is 4.40. The maximum atomic E-state index is 13.2. The normalized spacial score (nSPS) is 16.6. The van der Waals surface area contributed by atoms with Gasteiger partial charge in [-0.2, -0.15) is 0 Å². The summed E-state index contributed by atoms with van der Waals surface area (Å²) in [5, 5.41) is 2.65. The molecule has 1 aliphatic rings. The van der Waals surface area contributed by atoms with Crippen molar-refractivity contribution in [2.24, 2.45) is 5.73 Å². The van der Waals surface area contributed by atoms with Gasteiger partial charge in [-0.3, -0.25) is 4.79 Å². The molecule has 0 spiro atoms. The molecule has 3 N–H and O–H groups in total. The molecule has 0 radical (unpaired) electrons. The molecule has 3 nitrogen and oxygen atoms in total. The fourth-order valence-corrected chi connectivity index (χ4v) is 1.57. The van der Waals surface area contributed by atoms with E-state index in [0.29, 0.717) is 31.4 Å². The molecular weight excluding hydrogens is 226 g/mol. The molecule has 0 saturated heterocycles. The summed E-state index contributed by atoms with van der Waals surface area (Å²) < 4.78 is 25.9. The van der Waals surface area contributed by atoms with Crippen LogP contribution in [0.25, 0.3) is 0 Å². The summed E-state index contributed by atoms with van der Waals surface area (Å²) in [6.07, 6.45) is 1.72. The minimum atomic E-state index is -0.707. The van der Waals surface area contributed by atoms with Gasteiger partial charge in [0.25, 0.3) is 0 Å². The summed E-state index contributed by atoms with van der Waals surface area (Å²) in [5.74, 6) is -1.39. The topological polar surface area (TPSA) is 55.1 Å². The van der Waals surface area contributed by atoms with E-state index in [0.717, 1.165) is 6.07 Å². The van der Waals surface area contributed by atoms with Crippen molar-refractivity contribution in [2.45, 2.75) is 24.8 Å². The quantitative estimate of drug-likeness (QED) is 0.828. The van der Waals surface area contributed by atoms with Crippen LogP contribution in [0.4, 0.5) is 8.78 Å². The van der Waals surface area contributed by atoms with Crippen molar-refractivity contribution in [2.75, 3.05) is 6.54 Å². The van der Waals surface area contributed by atoms with Gasteiger partial charge in [0.2, 0.25) is 5.91 Å². The van der Waals surface area contributed by atoms with Crippen molar-refractivity contribution < 1.29 is 13.6 Å². The van der Waals surface area contributed by atoms with Crippen molar-refractivity contribution in [1.29, 1.82) is 0 Å². The van der Waals surface area contributed by atoms with Crippen LogP contribution in [0.1, 0.15) is 18.4 Å². The van der Waals surface area contributed by atoms with E-state index < -0.39 is 17.2 Å². The van der Waals surface area contributed by atoms with Gasteiger partial charge in [-0.25, -0.2) is 8.78 Å². The van der Waals surface area contributed by atoms with Crippen molar-refractivity contribution in [1.82, 2.24) is 5.32 Å². The molecule has 1 fully saturated rings. The van der Waals surface area contributed by atoms with Crippen LogP contribution in [0, 0.1) is 11.6 Å². The second kappa shape index (κ2) is 4.41. The number of carbonyl (C=O) groups is 1. The molecule has 0 heterocycles. The first-order valence-electron chi connectivity index (χ1n) is 5.52. The van der Waals surface area contributed by atoms with E-state index in [2.05, 4.69) is 5.32 Å². The third-order valence-electron chi connectivity index (χ3n) is 2.94. The van der Waals surface area contributed by atoms with Gasteiger partial charge >= 0.3 is 0 Å². The van der Waals surface area contributed by atoms with E-state index >= 15 is 0 Å². The van der Waals surface area contributed by atoms with Crippen LogP contribution in [-0.2, 0) is 11.2 Å². The SMILES string of the molecule is NC1(C(=O)NCCc2ccc(F)cc2F)CC1. The van der Waals surface area contributed by atoms with E-state index in [1.165, 1.54) is 12.1 Å². The Balaban J connectivity index is 1.84. The zero-order chi connectivity index (χ0) is 12.5. The summed E-state index contributed by atoms with van der Waals surface area (Å²) in [5.41, 5.74) is 5.36. The number of hydrogen-bond donors (Lipinski definition) is 2. The predicted molar refractivity (Wildman–Crippen MR) is 59.2 cm³/mol. The molecule has 1 aromatic carbocycles. The number of halogens is 2. The highest BCUT2D eigenvalue weighted by molar-refractivity contribution is 5.88. The average Bonchev–Trinajstić information content (AvgIpc) is 3.01. The first-order valence-corrected chi connectivity index (χ1v) is 5.52. The Morgan fingerprint density at radius 2 is 2.12 bits per heavy atom. The Labute approximate surface area is 98.0 Å². The molecule has 1 saturated carbocycles. The first-order chi connectivity index (χ1) is 8.01. The number of nitrogens with one attached hydrogen (secondary N) is 1. The Morgan fingerprint density at radius 3 is 2.71 bits per heavy atom. The minimum absolute atomic E-state index is 0.194. The van der Waals surface area contributed by atoms with Gasteiger partial charge in [0.15, 0.2) is 0 Å². The summed E-state index contributed by atoms with van der Waals surface area (Å²) in [6, 6.07) is 3.42. The third kappa shape index (κ3) is 2.79. The molecule has 0 unspecified atom stereocenters. The van der Waals surface area contributed by atoms with Crippen LogP contribution in [0.15, 0.2) is 18.2 Å². The molecule has 0 atom stereocenters. The van der Waals surface area contributed by atoms with Crippen molar-refractivity contribution in [3.05, 3.63) is 35.4 Å². The van der Waals surface area contributed by atoms with E-state index in [4.69, 9.17) is 5.73 Å². The molecule has 0 bridgehead atoms. The molecule has 2 rings (SSSR count). The highest BCUT2D eigenvalue weighted by Crippen LogP contribution is 2.31. The van der Waals surface area contributed by atoms with Gasteiger partial charge < -0.3 is 11.1 Å².